The molecule has 0 bridgehead atoms. The van der Waals surface area contributed by atoms with Gasteiger partial charge in [0, 0.05) is 30.1 Å². The highest BCUT2D eigenvalue weighted by Crippen LogP contribution is 2.54. The summed E-state index contributed by atoms with van der Waals surface area (Å²) in [6, 6.07) is 0. The highest BCUT2D eigenvalue weighted by atomic mass is 16.8. The second-order valence-corrected chi connectivity index (χ2v) is 18.5. The molecule has 4 N–H and O–H groups in total. The molecule has 0 radical (unpaired) electrons. The second kappa shape index (κ2) is 16.4. The molecule has 11 heteroatoms. The van der Waals surface area contributed by atoms with Crippen LogP contribution in [0.2, 0.25) is 0 Å². The Labute approximate surface area is 323 Å². The van der Waals surface area contributed by atoms with Gasteiger partial charge in [-0.2, -0.15) is 0 Å². The lowest BCUT2D eigenvalue weighted by molar-refractivity contribution is -0.409. The Morgan fingerprint density at radius 2 is 1.48 bits per heavy atom. The molecular formula is C43H72O11. The lowest BCUT2D eigenvalue weighted by atomic mass is 9.72. The van der Waals surface area contributed by atoms with E-state index >= 15 is 0 Å². The summed E-state index contributed by atoms with van der Waals surface area (Å²) in [5.41, 5.74) is -1.63. The molecule has 0 aromatic heterocycles. The fraction of sp³-hybridized carbons (Fsp3) is 0.907. The van der Waals surface area contributed by atoms with Crippen molar-refractivity contribution in [3.63, 3.8) is 0 Å². The van der Waals surface area contributed by atoms with Gasteiger partial charge in [-0.3, -0.25) is 9.59 Å². The predicted octanol–water partition coefficient (Wildman–Crippen LogP) is 6.43. The Kier molecular flexibility index (Phi) is 13.3. The van der Waals surface area contributed by atoms with E-state index in [2.05, 4.69) is 20.8 Å². The van der Waals surface area contributed by atoms with E-state index in [-0.39, 0.29) is 47.8 Å². The van der Waals surface area contributed by atoms with Crippen LogP contribution >= 0.6 is 0 Å². The number of carboxylic acid groups (broad SMARTS) is 1. The van der Waals surface area contributed by atoms with Crippen LogP contribution in [0.15, 0.2) is 12.2 Å². The van der Waals surface area contributed by atoms with E-state index in [1.807, 2.05) is 48.5 Å². The number of aliphatic carboxylic acids is 1. The van der Waals surface area contributed by atoms with E-state index in [1.54, 1.807) is 19.1 Å². The predicted molar refractivity (Wildman–Crippen MR) is 203 cm³/mol. The monoisotopic (exact) mass is 765 g/mol. The smallest absolute Gasteiger partial charge is 0.309 e. The molecule has 0 amide bonds. The summed E-state index contributed by atoms with van der Waals surface area (Å²) in [4.78, 5) is 26.6. The van der Waals surface area contributed by atoms with Gasteiger partial charge in [0.25, 0.3) is 0 Å². The number of carboxylic acids is 1. The van der Waals surface area contributed by atoms with Crippen LogP contribution in [0.4, 0.5) is 0 Å². The van der Waals surface area contributed by atoms with Crippen LogP contribution in [0.3, 0.4) is 0 Å². The van der Waals surface area contributed by atoms with Crippen molar-refractivity contribution in [2.45, 2.75) is 199 Å². The third-order valence-electron chi connectivity index (χ3n) is 14.8. The summed E-state index contributed by atoms with van der Waals surface area (Å²) in [5, 5.41) is 44.2. The SMILES string of the molecule is CC[C@H](C(=O)O)[C@@H]1O[C@@H]([C@@H](C)[C@H](O)[C@H](C)C(=O)[C@H](CC)[C@@H]2O[C@]3(C=C[C@@H](O)[C@]4(CC[C@@](C)([C@H]5CC[C@](O)(CC)[C@H](C)O5)O4)O3)[C@H](C)C[C@@H]2C)[C@@H](C)C[C@@H]1C. The van der Waals surface area contributed by atoms with Gasteiger partial charge >= 0.3 is 5.97 Å². The van der Waals surface area contributed by atoms with Crippen LogP contribution in [-0.4, -0.2) is 97.7 Å². The summed E-state index contributed by atoms with van der Waals surface area (Å²) >= 11 is 0. The highest BCUT2D eigenvalue weighted by molar-refractivity contribution is 5.84. The molecule has 5 rings (SSSR count). The normalized spacial score (nSPS) is 46.9. The number of ketones is 1. The molecule has 0 unspecified atom stereocenters. The largest absolute Gasteiger partial charge is 0.481 e. The number of hydrogen-bond acceptors (Lipinski definition) is 10. The maximum atomic E-state index is 14.5. The summed E-state index contributed by atoms with van der Waals surface area (Å²) in [6.07, 6.45) is 4.75. The van der Waals surface area contributed by atoms with Crippen molar-refractivity contribution < 1.29 is 53.7 Å². The first-order valence-electron chi connectivity index (χ1n) is 21.1. The van der Waals surface area contributed by atoms with Gasteiger partial charge in [0.15, 0.2) is 5.79 Å². The summed E-state index contributed by atoms with van der Waals surface area (Å²) < 4.78 is 33.6. The molecule has 19 atom stereocenters. The minimum Gasteiger partial charge on any atom is -0.481 e. The first-order chi connectivity index (χ1) is 25.2. The molecule has 4 fully saturated rings. The Bertz CT molecular complexity index is 1360. The molecule has 5 aliphatic heterocycles. The van der Waals surface area contributed by atoms with E-state index in [9.17, 15) is 30.0 Å². The van der Waals surface area contributed by atoms with Crippen molar-refractivity contribution in [2.75, 3.05) is 0 Å². The number of rotatable bonds is 12. The van der Waals surface area contributed by atoms with Crippen molar-refractivity contribution >= 4 is 11.8 Å². The molecular weight excluding hydrogens is 692 g/mol. The minimum atomic E-state index is -1.37. The first-order valence-corrected chi connectivity index (χ1v) is 21.1. The standard InChI is InChI=1S/C43H72O11/c1-12-30(35(46)27(8)34(45)28(9)36-23(4)21-24(5)37(51-36)31(13-2)39(47)48)38-25(6)22-26(7)42(52-38)18-15-32(44)43(54-42)20-19-40(11,53-43)33-16-17-41(49,14-3)29(10)50-33/h15,18,23-34,36-38,44-45,49H,12-14,16-17,19-22H2,1-11H3,(H,47,48)/t23-,24-,25-,26+,27-,28-,29-,30-,31-,32+,33+,34+,36+,37+,38+,40-,41+,42-,43-/m0/s1. The van der Waals surface area contributed by atoms with Crippen LogP contribution in [0, 0.1) is 47.3 Å². The zero-order valence-electron chi connectivity index (χ0n) is 34.8. The van der Waals surface area contributed by atoms with Crippen molar-refractivity contribution in [2.24, 2.45) is 47.3 Å². The minimum absolute atomic E-state index is 0.0104. The first kappa shape index (κ1) is 43.7. The Hall–Kier alpha value is -1.44. The zero-order valence-corrected chi connectivity index (χ0v) is 34.8. The molecule has 0 aromatic rings. The molecule has 0 saturated carbocycles. The lowest BCUT2D eigenvalue weighted by Crippen LogP contribution is -2.63. The third-order valence-corrected chi connectivity index (χ3v) is 14.8. The molecule has 0 aliphatic carbocycles. The fourth-order valence-corrected chi connectivity index (χ4v) is 10.9. The molecule has 4 saturated heterocycles. The molecule has 5 aliphatic rings. The number of carbonyl (C=O) groups excluding carboxylic acids is 1. The molecule has 310 valence electrons. The van der Waals surface area contributed by atoms with Gasteiger partial charge in [-0.1, -0.05) is 62.3 Å². The van der Waals surface area contributed by atoms with Crippen molar-refractivity contribution in [1.29, 1.82) is 0 Å². The number of carbonyl (C=O) groups is 2. The van der Waals surface area contributed by atoms with Crippen molar-refractivity contribution in [3.8, 4) is 0 Å². The van der Waals surface area contributed by atoms with Gasteiger partial charge < -0.3 is 44.1 Å². The number of aliphatic hydroxyl groups excluding tert-OH is 2. The van der Waals surface area contributed by atoms with E-state index < -0.39 is 76.8 Å². The van der Waals surface area contributed by atoms with Gasteiger partial charge in [0.05, 0.1) is 53.7 Å². The Morgan fingerprint density at radius 1 is 0.852 bits per heavy atom. The van der Waals surface area contributed by atoms with E-state index in [0.717, 1.165) is 6.42 Å². The van der Waals surface area contributed by atoms with Crippen LogP contribution < -0.4 is 0 Å². The second-order valence-electron chi connectivity index (χ2n) is 18.5. The third kappa shape index (κ3) is 7.88. The van der Waals surface area contributed by atoms with Gasteiger partial charge in [0.1, 0.15) is 11.9 Å². The summed E-state index contributed by atoms with van der Waals surface area (Å²) in [7, 11) is 0. The zero-order chi connectivity index (χ0) is 40.1. The van der Waals surface area contributed by atoms with Gasteiger partial charge in [-0.05, 0) is 95.1 Å². The number of Topliss-reactive ketones (excluding diaryl/α,β-unsaturated/α-hetero) is 1. The Morgan fingerprint density at radius 3 is 2.07 bits per heavy atom. The van der Waals surface area contributed by atoms with Gasteiger partial charge in [0.2, 0.25) is 5.79 Å². The fourth-order valence-electron chi connectivity index (χ4n) is 10.9. The number of ether oxygens (including phenoxy) is 5. The summed E-state index contributed by atoms with van der Waals surface area (Å²) in [5.74, 6) is -5.80. The molecule has 11 nitrogen and oxygen atoms in total. The van der Waals surface area contributed by atoms with Crippen LogP contribution in [0.25, 0.3) is 0 Å². The maximum absolute atomic E-state index is 14.5. The van der Waals surface area contributed by atoms with Crippen LogP contribution in [0.5, 0.6) is 0 Å². The van der Waals surface area contributed by atoms with E-state index in [4.69, 9.17) is 23.7 Å². The lowest BCUT2D eigenvalue weighted by Gasteiger charge is -2.54. The van der Waals surface area contributed by atoms with E-state index in [1.165, 1.54) is 0 Å². The van der Waals surface area contributed by atoms with Crippen LogP contribution in [-0.2, 0) is 33.3 Å². The summed E-state index contributed by atoms with van der Waals surface area (Å²) in [6.45, 7) is 21.7. The quantitative estimate of drug-likeness (QED) is 0.162. The molecule has 2 spiro atoms. The molecule has 0 aromatic carbocycles. The maximum Gasteiger partial charge on any atom is 0.309 e. The van der Waals surface area contributed by atoms with Gasteiger partial charge in [-0.15, -0.1) is 0 Å². The Balaban J connectivity index is 1.32. The number of hydrogen-bond donors (Lipinski definition) is 4. The molecule has 5 heterocycles. The molecule has 54 heavy (non-hydrogen) atoms. The van der Waals surface area contributed by atoms with E-state index in [0.29, 0.717) is 51.4 Å². The topological polar surface area (TPSA) is 161 Å². The number of aliphatic hydroxyl groups is 3. The average molecular weight is 765 g/mol. The van der Waals surface area contributed by atoms with Crippen molar-refractivity contribution in [3.05, 3.63) is 12.2 Å². The highest BCUT2D eigenvalue weighted by Gasteiger charge is 2.63. The average Bonchev–Trinajstić information content (AvgIpc) is 3.47. The van der Waals surface area contributed by atoms with Crippen LogP contribution in [0.1, 0.15) is 134 Å². The van der Waals surface area contributed by atoms with Gasteiger partial charge in [-0.25, -0.2) is 0 Å². The van der Waals surface area contributed by atoms with Crippen molar-refractivity contribution in [1.82, 2.24) is 0 Å².